The van der Waals surface area contributed by atoms with Crippen LogP contribution in [-0.2, 0) is 12.6 Å². The van der Waals surface area contributed by atoms with E-state index in [1.807, 2.05) is 6.07 Å². The highest BCUT2D eigenvalue weighted by Crippen LogP contribution is 2.29. The van der Waals surface area contributed by atoms with Gasteiger partial charge in [0.05, 0.1) is 5.56 Å². The van der Waals surface area contributed by atoms with Crippen molar-refractivity contribution in [2.24, 2.45) is 0 Å². The molecule has 4 nitrogen and oxygen atoms in total. The Bertz CT molecular complexity index is 1010. The lowest BCUT2D eigenvalue weighted by molar-refractivity contribution is -0.137. The number of amides is 1. The molecule has 162 valence electrons. The Kier molecular flexibility index (Phi) is 8.57. The number of aryl methyl sites for hydroxylation is 1. The van der Waals surface area contributed by atoms with E-state index in [9.17, 15) is 23.1 Å². The number of aromatic hydroxyl groups is 1. The number of phenolic OH excluding ortho intramolecular Hbond substituents is 1. The van der Waals surface area contributed by atoms with Crippen LogP contribution in [0.2, 0.25) is 0 Å². The van der Waals surface area contributed by atoms with Gasteiger partial charge in [0, 0.05) is 17.3 Å². The van der Waals surface area contributed by atoms with E-state index in [2.05, 4.69) is 41.8 Å². The second-order valence-corrected chi connectivity index (χ2v) is 6.78. The maximum Gasteiger partial charge on any atom is 0.416 e. The van der Waals surface area contributed by atoms with Crippen molar-refractivity contribution in [3.8, 4) is 5.75 Å². The van der Waals surface area contributed by atoms with Gasteiger partial charge in [0.2, 0.25) is 0 Å². The number of phenols is 1. The summed E-state index contributed by atoms with van der Waals surface area (Å²) in [6.45, 7) is 2.16. The Morgan fingerprint density at radius 2 is 1.61 bits per heavy atom. The molecule has 0 aliphatic rings. The molecule has 3 aromatic rings. The molecule has 0 aromatic heterocycles. The van der Waals surface area contributed by atoms with Crippen molar-refractivity contribution in [2.75, 3.05) is 5.32 Å². The molecule has 0 saturated carbocycles. The molecule has 31 heavy (non-hydrogen) atoms. The summed E-state index contributed by atoms with van der Waals surface area (Å²) in [7, 11) is 0. The van der Waals surface area contributed by atoms with Gasteiger partial charge in [-0.2, -0.15) is 13.2 Å². The van der Waals surface area contributed by atoms with E-state index in [1.165, 1.54) is 17.7 Å². The molecule has 0 spiro atoms. The van der Waals surface area contributed by atoms with E-state index >= 15 is 0 Å². The summed E-state index contributed by atoms with van der Waals surface area (Å²) in [6.07, 6.45) is -3.32. The molecular formula is C23H21F3N2O2S. The molecule has 0 bridgehead atoms. The average Bonchev–Trinajstić information content (AvgIpc) is 2.74. The number of thiocarbonyl (C=S) groups is 1. The summed E-state index contributed by atoms with van der Waals surface area (Å²) in [5.74, 6) is -0.622. The minimum absolute atomic E-state index is 0.0202. The Hall–Kier alpha value is -3.39. The standard InChI is InChI=1S/C15H11F3N2O2S.C8H10/c16-15(17,18)10-6-4-9(5-7-10)13(22)20-14(23)19-11-2-1-3-12(21)8-11;1-2-8-6-4-3-5-7-8/h1-8,21H,(H2,19,20,22,23);3-7H,2H2,1H3. The van der Waals surface area contributed by atoms with E-state index in [1.54, 1.807) is 12.1 Å². The first-order chi connectivity index (χ1) is 14.7. The summed E-state index contributed by atoms with van der Waals surface area (Å²) >= 11 is 4.94. The van der Waals surface area contributed by atoms with E-state index in [0.717, 1.165) is 30.7 Å². The van der Waals surface area contributed by atoms with E-state index < -0.39 is 17.6 Å². The van der Waals surface area contributed by atoms with Gasteiger partial charge in [-0.05, 0) is 60.6 Å². The van der Waals surface area contributed by atoms with E-state index in [4.69, 9.17) is 12.2 Å². The Morgan fingerprint density at radius 1 is 0.968 bits per heavy atom. The van der Waals surface area contributed by atoms with Crippen molar-refractivity contribution >= 4 is 28.9 Å². The lowest BCUT2D eigenvalue weighted by atomic mass is 10.1. The summed E-state index contributed by atoms with van der Waals surface area (Å²) < 4.78 is 37.4. The van der Waals surface area contributed by atoms with Crippen molar-refractivity contribution in [1.82, 2.24) is 5.32 Å². The number of hydrogen-bond donors (Lipinski definition) is 3. The smallest absolute Gasteiger partial charge is 0.416 e. The van der Waals surface area contributed by atoms with Crippen LogP contribution in [-0.4, -0.2) is 16.1 Å². The number of halogens is 3. The van der Waals surface area contributed by atoms with Gasteiger partial charge in [-0.3, -0.25) is 10.1 Å². The van der Waals surface area contributed by atoms with Crippen LogP contribution < -0.4 is 10.6 Å². The molecule has 0 saturated heterocycles. The van der Waals surface area contributed by atoms with Crippen LogP contribution >= 0.6 is 12.2 Å². The zero-order valence-corrected chi connectivity index (χ0v) is 17.4. The summed E-state index contributed by atoms with van der Waals surface area (Å²) in [5, 5.41) is 14.3. The third kappa shape index (κ3) is 8.10. The summed E-state index contributed by atoms with van der Waals surface area (Å²) in [6, 6.07) is 20.3. The molecule has 0 aliphatic carbocycles. The maximum absolute atomic E-state index is 12.5. The van der Waals surface area contributed by atoms with Crippen molar-refractivity contribution < 1.29 is 23.1 Å². The quantitative estimate of drug-likeness (QED) is 0.446. The fraction of sp³-hybridized carbons (Fsp3) is 0.130. The predicted molar refractivity (Wildman–Crippen MR) is 119 cm³/mol. The molecule has 0 heterocycles. The normalized spacial score (nSPS) is 10.5. The van der Waals surface area contributed by atoms with Gasteiger partial charge in [0.1, 0.15) is 5.75 Å². The largest absolute Gasteiger partial charge is 0.508 e. The summed E-state index contributed by atoms with van der Waals surface area (Å²) in [4.78, 5) is 11.9. The number of benzene rings is 3. The van der Waals surface area contributed by atoms with Crippen LogP contribution in [0.4, 0.5) is 18.9 Å². The Morgan fingerprint density at radius 3 is 2.13 bits per heavy atom. The fourth-order valence-electron chi connectivity index (χ4n) is 2.45. The molecule has 3 aromatic carbocycles. The first kappa shape index (κ1) is 23.9. The molecule has 0 atom stereocenters. The van der Waals surface area contributed by atoms with Crippen LogP contribution in [0.25, 0.3) is 0 Å². The van der Waals surface area contributed by atoms with Gasteiger partial charge in [-0.25, -0.2) is 0 Å². The zero-order chi connectivity index (χ0) is 22.9. The second-order valence-electron chi connectivity index (χ2n) is 6.37. The second kappa shape index (κ2) is 11.1. The third-order valence-corrected chi connectivity index (χ3v) is 4.26. The Labute approximate surface area is 183 Å². The SMILES string of the molecule is CCc1ccccc1.O=C(NC(=S)Nc1cccc(O)c1)c1ccc(C(F)(F)F)cc1. The fourth-order valence-corrected chi connectivity index (χ4v) is 2.66. The minimum Gasteiger partial charge on any atom is -0.508 e. The van der Waals surface area contributed by atoms with Crippen LogP contribution in [0.15, 0.2) is 78.9 Å². The van der Waals surface area contributed by atoms with Gasteiger partial charge in [-0.1, -0.05) is 43.3 Å². The van der Waals surface area contributed by atoms with Gasteiger partial charge < -0.3 is 10.4 Å². The number of carbonyl (C=O) groups is 1. The van der Waals surface area contributed by atoms with Crippen LogP contribution in [0.1, 0.15) is 28.4 Å². The minimum atomic E-state index is -4.46. The topological polar surface area (TPSA) is 61.4 Å². The highest BCUT2D eigenvalue weighted by Gasteiger charge is 2.30. The van der Waals surface area contributed by atoms with Crippen molar-refractivity contribution in [1.29, 1.82) is 0 Å². The molecule has 3 rings (SSSR count). The van der Waals surface area contributed by atoms with Crippen LogP contribution in [0.3, 0.4) is 0 Å². The highest BCUT2D eigenvalue weighted by molar-refractivity contribution is 7.80. The van der Waals surface area contributed by atoms with Gasteiger partial charge in [-0.15, -0.1) is 0 Å². The zero-order valence-electron chi connectivity index (χ0n) is 16.6. The number of hydrogen-bond acceptors (Lipinski definition) is 3. The predicted octanol–water partition coefficient (Wildman–Crippen LogP) is 5.79. The number of alkyl halides is 3. The number of anilines is 1. The first-order valence-electron chi connectivity index (χ1n) is 9.31. The summed E-state index contributed by atoms with van der Waals surface area (Å²) in [5.41, 5.74) is 1.07. The van der Waals surface area contributed by atoms with Crippen LogP contribution in [0, 0.1) is 0 Å². The number of nitrogens with one attached hydrogen (secondary N) is 2. The lowest BCUT2D eigenvalue weighted by Gasteiger charge is -2.10. The van der Waals surface area contributed by atoms with E-state index in [-0.39, 0.29) is 16.4 Å². The van der Waals surface area contributed by atoms with Crippen molar-refractivity contribution in [2.45, 2.75) is 19.5 Å². The average molecular weight is 446 g/mol. The lowest BCUT2D eigenvalue weighted by Crippen LogP contribution is -2.34. The molecule has 0 unspecified atom stereocenters. The third-order valence-electron chi connectivity index (χ3n) is 4.06. The molecule has 0 aliphatic heterocycles. The van der Waals surface area contributed by atoms with Gasteiger partial charge in [0.25, 0.3) is 5.91 Å². The highest BCUT2D eigenvalue weighted by atomic mass is 32.1. The Balaban J connectivity index is 0.000000357. The molecule has 0 fully saturated rings. The monoisotopic (exact) mass is 446 g/mol. The van der Waals surface area contributed by atoms with Crippen molar-refractivity contribution in [3.63, 3.8) is 0 Å². The van der Waals surface area contributed by atoms with E-state index in [0.29, 0.717) is 5.69 Å². The molecule has 0 radical (unpaired) electrons. The number of carbonyl (C=O) groups excluding carboxylic acids is 1. The first-order valence-corrected chi connectivity index (χ1v) is 9.72. The van der Waals surface area contributed by atoms with Gasteiger partial charge in [0.15, 0.2) is 5.11 Å². The van der Waals surface area contributed by atoms with Crippen molar-refractivity contribution in [3.05, 3.63) is 95.6 Å². The van der Waals surface area contributed by atoms with Crippen LogP contribution in [0.5, 0.6) is 5.75 Å². The molecule has 1 amide bonds. The molecule has 3 N–H and O–H groups in total. The molecule has 8 heteroatoms. The number of rotatable bonds is 3. The maximum atomic E-state index is 12.5. The van der Waals surface area contributed by atoms with Gasteiger partial charge >= 0.3 is 6.18 Å². The molecular weight excluding hydrogens is 425 g/mol.